The normalized spacial score (nSPS) is 14.9. The topological polar surface area (TPSA) is 50.3 Å². The number of hydrogen-bond donors (Lipinski definition) is 1. The number of rotatable bonds is 4. The van der Waals surface area contributed by atoms with Gasteiger partial charge >= 0.3 is 0 Å². The van der Waals surface area contributed by atoms with Gasteiger partial charge in [0.05, 0.1) is 18.9 Å². The number of ether oxygens (including phenoxy) is 1. The lowest BCUT2D eigenvalue weighted by atomic mass is 10.1. The first-order chi connectivity index (χ1) is 10.7. The third-order valence-electron chi connectivity index (χ3n) is 3.64. The van der Waals surface area contributed by atoms with Crippen molar-refractivity contribution in [2.75, 3.05) is 36.5 Å². The lowest BCUT2D eigenvalue weighted by molar-refractivity contribution is 0.122. The molecule has 0 aliphatic carbocycles. The zero-order chi connectivity index (χ0) is 15.4. The quantitative estimate of drug-likeness (QED) is 0.939. The number of benzene rings is 1. The van der Waals surface area contributed by atoms with Crippen LogP contribution in [-0.2, 0) is 11.3 Å². The van der Waals surface area contributed by atoms with Crippen LogP contribution in [0.4, 0.5) is 15.9 Å². The van der Waals surface area contributed by atoms with Gasteiger partial charge in [0.1, 0.15) is 18.0 Å². The van der Waals surface area contributed by atoms with Gasteiger partial charge in [0.2, 0.25) is 0 Å². The van der Waals surface area contributed by atoms with Gasteiger partial charge < -0.3 is 15.0 Å². The fourth-order valence-electron chi connectivity index (χ4n) is 2.46. The third kappa shape index (κ3) is 3.51. The second-order valence-electron chi connectivity index (χ2n) is 5.28. The Morgan fingerprint density at radius 1 is 1.23 bits per heavy atom. The minimum absolute atomic E-state index is 0.194. The number of anilines is 2. The molecule has 0 saturated carbocycles. The van der Waals surface area contributed by atoms with Crippen molar-refractivity contribution in [2.24, 2.45) is 0 Å². The molecule has 0 spiro atoms. The number of nitrogens with zero attached hydrogens (tertiary/aromatic N) is 3. The van der Waals surface area contributed by atoms with Crippen LogP contribution < -0.4 is 10.2 Å². The molecule has 2 aromatic rings. The first-order valence-electron chi connectivity index (χ1n) is 7.36. The Morgan fingerprint density at radius 2 is 2.05 bits per heavy atom. The summed E-state index contributed by atoms with van der Waals surface area (Å²) in [6.45, 7) is 5.19. The molecule has 1 N–H and O–H groups in total. The zero-order valence-corrected chi connectivity index (χ0v) is 12.6. The molecule has 0 unspecified atom stereocenters. The predicted octanol–water partition coefficient (Wildman–Crippen LogP) is 2.37. The molecule has 3 rings (SSSR count). The monoisotopic (exact) mass is 302 g/mol. The van der Waals surface area contributed by atoms with Crippen LogP contribution in [-0.4, -0.2) is 36.3 Å². The van der Waals surface area contributed by atoms with E-state index in [1.54, 1.807) is 6.07 Å². The fraction of sp³-hybridized carbons (Fsp3) is 0.375. The summed E-state index contributed by atoms with van der Waals surface area (Å²) in [4.78, 5) is 10.2. The highest BCUT2D eigenvalue weighted by molar-refractivity contribution is 5.50. The summed E-state index contributed by atoms with van der Waals surface area (Å²) in [5, 5.41) is 3.18. The largest absolute Gasteiger partial charge is 0.378 e. The Morgan fingerprint density at radius 3 is 2.77 bits per heavy atom. The highest BCUT2D eigenvalue weighted by Crippen LogP contribution is 2.22. The minimum atomic E-state index is -0.194. The van der Waals surface area contributed by atoms with Crippen LogP contribution >= 0.6 is 0 Å². The molecular formula is C16H19FN4O. The molecule has 0 bridgehead atoms. The maximum absolute atomic E-state index is 14.3. The lowest BCUT2D eigenvalue weighted by Crippen LogP contribution is -2.36. The Bertz CT molecular complexity index is 644. The molecule has 116 valence electrons. The Hall–Kier alpha value is -2.21. The molecule has 6 heteroatoms. The van der Waals surface area contributed by atoms with Gasteiger partial charge in [0, 0.05) is 31.4 Å². The SMILES string of the molecule is Cc1cc(NCc2ccc(N3CCOCC3)c(F)c2)ncn1. The third-order valence-corrected chi connectivity index (χ3v) is 3.64. The van der Waals surface area contributed by atoms with Gasteiger partial charge in [0.15, 0.2) is 0 Å². The van der Waals surface area contributed by atoms with Gasteiger partial charge in [-0.1, -0.05) is 6.07 Å². The van der Waals surface area contributed by atoms with Crippen molar-refractivity contribution in [1.82, 2.24) is 9.97 Å². The standard InChI is InChI=1S/C16H19FN4O/c1-12-8-16(20-11-19-12)18-10-13-2-3-15(14(17)9-13)21-4-6-22-7-5-21/h2-3,8-9,11H,4-7,10H2,1H3,(H,18,19,20). The second kappa shape index (κ2) is 6.70. The molecule has 1 aliphatic heterocycles. The van der Waals surface area contributed by atoms with Crippen molar-refractivity contribution in [3.8, 4) is 0 Å². The van der Waals surface area contributed by atoms with E-state index >= 15 is 0 Å². The number of aryl methyl sites for hydroxylation is 1. The zero-order valence-electron chi connectivity index (χ0n) is 12.6. The molecule has 2 heterocycles. The van der Waals surface area contributed by atoms with E-state index in [0.29, 0.717) is 25.4 Å². The van der Waals surface area contributed by atoms with Gasteiger partial charge in [-0.25, -0.2) is 14.4 Å². The average Bonchev–Trinajstić information content (AvgIpc) is 2.54. The summed E-state index contributed by atoms with van der Waals surface area (Å²) < 4.78 is 19.6. The van der Waals surface area contributed by atoms with Crippen molar-refractivity contribution in [2.45, 2.75) is 13.5 Å². The second-order valence-corrected chi connectivity index (χ2v) is 5.28. The van der Waals surface area contributed by atoms with Gasteiger partial charge in [-0.05, 0) is 24.6 Å². The van der Waals surface area contributed by atoms with Crippen LogP contribution in [0.1, 0.15) is 11.3 Å². The Balaban J connectivity index is 1.66. The smallest absolute Gasteiger partial charge is 0.146 e. The van der Waals surface area contributed by atoms with E-state index in [2.05, 4.69) is 15.3 Å². The summed E-state index contributed by atoms with van der Waals surface area (Å²) in [7, 11) is 0. The number of aromatic nitrogens is 2. The maximum Gasteiger partial charge on any atom is 0.146 e. The molecule has 1 fully saturated rings. The van der Waals surface area contributed by atoms with E-state index in [1.165, 1.54) is 6.33 Å². The molecule has 0 radical (unpaired) electrons. The number of morpholine rings is 1. The van der Waals surface area contributed by atoms with Crippen molar-refractivity contribution in [3.63, 3.8) is 0 Å². The van der Waals surface area contributed by atoms with Gasteiger partial charge in [-0.3, -0.25) is 0 Å². The molecule has 1 aromatic heterocycles. The highest BCUT2D eigenvalue weighted by Gasteiger charge is 2.15. The first-order valence-corrected chi connectivity index (χ1v) is 7.36. The Kier molecular flexibility index (Phi) is 4.48. The van der Waals surface area contributed by atoms with Crippen LogP contribution in [0.2, 0.25) is 0 Å². The van der Waals surface area contributed by atoms with Gasteiger partial charge in [0.25, 0.3) is 0 Å². The first kappa shape index (κ1) is 14.7. The van der Waals surface area contributed by atoms with Gasteiger partial charge in [-0.15, -0.1) is 0 Å². The van der Waals surface area contributed by atoms with E-state index in [9.17, 15) is 4.39 Å². The van der Waals surface area contributed by atoms with Crippen molar-refractivity contribution in [1.29, 1.82) is 0 Å². The summed E-state index contributed by atoms with van der Waals surface area (Å²) in [5.74, 6) is 0.547. The van der Waals surface area contributed by atoms with Crippen LogP contribution in [0.15, 0.2) is 30.6 Å². The van der Waals surface area contributed by atoms with Crippen molar-refractivity contribution >= 4 is 11.5 Å². The Labute approximate surface area is 129 Å². The van der Waals surface area contributed by atoms with Crippen LogP contribution in [0, 0.1) is 12.7 Å². The van der Waals surface area contributed by atoms with E-state index < -0.39 is 0 Å². The molecule has 5 nitrogen and oxygen atoms in total. The van der Waals surface area contributed by atoms with E-state index in [-0.39, 0.29) is 5.82 Å². The van der Waals surface area contributed by atoms with Crippen LogP contribution in [0.5, 0.6) is 0 Å². The van der Waals surface area contributed by atoms with Crippen LogP contribution in [0.25, 0.3) is 0 Å². The summed E-state index contributed by atoms with van der Waals surface area (Å²) in [6, 6.07) is 7.21. The minimum Gasteiger partial charge on any atom is -0.378 e. The molecule has 22 heavy (non-hydrogen) atoms. The van der Waals surface area contributed by atoms with Gasteiger partial charge in [-0.2, -0.15) is 0 Å². The van der Waals surface area contributed by atoms with E-state index in [1.807, 2.05) is 30.0 Å². The predicted molar refractivity (Wildman–Crippen MR) is 83.5 cm³/mol. The summed E-state index contributed by atoms with van der Waals surface area (Å²) in [6.07, 6.45) is 1.51. The number of nitrogens with one attached hydrogen (secondary N) is 1. The molecule has 1 saturated heterocycles. The van der Waals surface area contributed by atoms with E-state index in [4.69, 9.17) is 4.74 Å². The summed E-state index contributed by atoms with van der Waals surface area (Å²) >= 11 is 0. The van der Waals surface area contributed by atoms with Crippen LogP contribution in [0.3, 0.4) is 0 Å². The lowest BCUT2D eigenvalue weighted by Gasteiger charge is -2.29. The van der Waals surface area contributed by atoms with Crippen molar-refractivity contribution in [3.05, 3.63) is 47.7 Å². The summed E-state index contributed by atoms with van der Waals surface area (Å²) in [5.41, 5.74) is 2.42. The fourth-order valence-corrected chi connectivity index (χ4v) is 2.46. The number of halogens is 1. The molecule has 0 atom stereocenters. The highest BCUT2D eigenvalue weighted by atomic mass is 19.1. The maximum atomic E-state index is 14.3. The molecule has 1 aromatic carbocycles. The molecule has 1 aliphatic rings. The molecule has 0 amide bonds. The molecular weight excluding hydrogens is 283 g/mol. The average molecular weight is 302 g/mol. The van der Waals surface area contributed by atoms with E-state index in [0.717, 1.165) is 30.2 Å². The van der Waals surface area contributed by atoms with Crippen molar-refractivity contribution < 1.29 is 9.13 Å². The number of hydrogen-bond acceptors (Lipinski definition) is 5.